The Morgan fingerprint density at radius 2 is 2.13 bits per heavy atom. The van der Waals surface area contributed by atoms with E-state index in [1.165, 1.54) is 0 Å². The lowest BCUT2D eigenvalue weighted by molar-refractivity contribution is -0.142. The second-order valence-corrected chi connectivity index (χ2v) is 3.10. The highest BCUT2D eigenvalue weighted by Gasteiger charge is 2.06. The molecule has 0 spiro atoms. The minimum atomic E-state index is -0.259. The van der Waals surface area contributed by atoms with Gasteiger partial charge in [-0.25, -0.2) is 0 Å². The van der Waals surface area contributed by atoms with Gasteiger partial charge >= 0.3 is 5.97 Å². The first kappa shape index (κ1) is 11.4. The van der Waals surface area contributed by atoms with Crippen LogP contribution in [0.5, 0.6) is 5.75 Å². The van der Waals surface area contributed by atoms with Crippen LogP contribution in [0.25, 0.3) is 0 Å². The summed E-state index contributed by atoms with van der Waals surface area (Å²) < 4.78 is 9.88. The number of carbonyl (C=O) groups excluding carboxylic acids is 1. The van der Waals surface area contributed by atoms with Gasteiger partial charge in [-0.1, -0.05) is 0 Å². The van der Waals surface area contributed by atoms with Gasteiger partial charge in [-0.15, -0.1) is 0 Å². The molecule has 0 aromatic heterocycles. The molecule has 4 heteroatoms. The molecule has 0 heterocycles. The van der Waals surface area contributed by atoms with Gasteiger partial charge in [-0.2, -0.15) is 0 Å². The third-order valence-corrected chi connectivity index (χ3v) is 1.88. The molecule has 1 aromatic rings. The van der Waals surface area contributed by atoms with Gasteiger partial charge in [0.25, 0.3) is 0 Å². The highest BCUT2D eigenvalue weighted by atomic mass is 16.5. The number of nitrogens with two attached hydrogens (primary N) is 1. The molecule has 1 aromatic carbocycles. The van der Waals surface area contributed by atoms with Crippen molar-refractivity contribution < 1.29 is 14.3 Å². The van der Waals surface area contributed by atoms with Gasteiger partial charge in [-0.3, -0.25) is 4.79 Å². The summed E-state index contributed by atoms with van der Waals surface area (Å²) in [6, 6.07) is 5.21. The number of ether oxygens (including phenoxy) is 2. The molecule has 0 unspecified atom stereocenters. The topological polar surface area (TPSA) is 61.5 Å². The highest BCUT2D eigenvalue weighted by molar-refractivity contribution is 5.73. The maximum Gasteiger partial charge on any atom is 0.310 e. The lowest BCUT2D eigenvalue weighted by Gasteiger charge is -2.06. The minimum Gasteiger partial charge on any atom is -0.497 e. The van der Waals surface area contributed by atoms with Crippen molar-refractivity contribution in [2.24, 2.45) is 0 Å². The fourth-order valence-corrected chi connectivity index (χ4v) is 1.28. The van der Waals surface area contributed by atoms with Gasteiger partial charge in [0, 0.05) is 11.8 Å². The van der Waals surface area contributed by atoms with Crippen LogP contribution < -0.4 is 10.5 Å². The number of hydrogen-bond donors (Lipinski definition) is 1. The lowest BCUT2D eigenvalue weighted by atomic mass is 10.1. The molecule has 0 atom stereocenters. The first-order valence-corrected chi connectivity index (χ1v) is 4.74. The molecule has 0 bridgehead atoms. The molecule has 1 rings (SSSR count). The molecule has 0 saturated heterocycles. The monoisotopic (exact) mass is 209 g/mol. The van der Waals surface area contributed by atoms with Crippen molar-refractivity contribution >= 4 is 11.7 Å². The predicted octanol–water partition coefficient (Wildman–Crippen LogP) is 1.38. The first-order chi connectivity index (χ1) is 7.15. The molecule has 15 heavy (non-hydrogen) atoms. The standard InChI is InChI=1S/C11H15NO3/c1-3-15-11(13)6-8-4-9(12)7-10(5-8)14-2/h4-5,7H,3,6,12H2,1-2H3. The van der Waals surface area contributed by atoms with Crippen molar-refractivity contribution in [1.82, 2.24) is 0 Å². The Morgan fingerprint density at radius 3 is 2.73 bits per heavy atom. The number of benzene rings is 1. The Balaban J connectivity index is 2.76. The number of esters is 1. The van der Waals surface area contributed by atoms with Gasteiger partial charge in [0.2, 0.25) is 0 Å². The van der Waals surface area contributed by atoms with Crippen LogP contribution in [0.3, 0.4) is 0 Å². The van der Waals surface area contributed by atoms with E-state index >= 15 is 0 Å². The molecule has 0 aliphatic carbocycles. The van der Waals surface area contributed by atoms with E-state index in [9.17, 15) is 4.79 Å². The summed E-state index contributed by atoms with van der Waals surface area (Å²) >= 11 is 0. The van der Waals surface area contributed by atoms with Crippen LogP contribution in [0.15, 0.2) is 18.2 Å². The number of carbonyl (C=O) groups is 1. The first-order valence-electron chi connectivity index (χ1n) is 4.74. The second kappa shape index (κ2) is 5.24. The Hall–Kier alpha value is -1.71. The average molecular weight is 209 g/mol. The number of rotatable bonds is 4. The molecule has 0 saturated carbocycles. The van der Waals surface area contributed by atoms with Gasteiger partial charge in [-0.05, 0) is 24.6 Å². The maximum absolute atomic E-state index is 11.2. The third-order valence-electron chi connectivity index (χ3n) is 1.88. The highest BCUT2D eigenvalue weighted by Crippen LogP contribution is 2.18. The SMILES string of the molecule is CCOC(=O)Cc1cc(N)cc(OC)c1. The largest absolute Gasteiger partial charge is 0.497 e. The van der Waals surface area contributed by atoms with E-state index in [2.05, 4.69) is 0 Å². The molecule has 4 nitrogen and oxygen atoms in total. The van der Waals surface area contributed by atoms with Crippen LogP contribution in [0, 0.1) is 0 Å². The van der Waals surface area contributed by atoms with Crippen molar-refractivity contribution in [3.8, 4) is 5.75 Å². The number of hydrogen-bond acceptors (Lipinski definition) is 4. The zero-order valence-corrected chi connectivity index (χ0v) is 8.95. The maximum atomic E-state index is 11.2. The third kappa shape index (κ3) is 3.50. The minimum absolute atomic E-state index is 0.217. The van der Waals surface area contributed by atoms with Crippen molar-refractivity contribution in [2.75, 3.05) is 19.5 Å². The Morgan fingerprint density at radius 1 is 1.40 bits per heavy atom. The molecule has 0 aliphatic rings. The summed E-state index contributed by atoms with van der Waals surface area (Å²) in [5.74, 6) is 0.388. The van der Waals surface area contributed by atoms with Gasteiger partial charge in [0.05, 0.1) is 20.1 Å². The van der Waals surface area contributed by atoms with Gasteiger partial charge in [0.15, 0.2) is 0 Å². The van der Waals surface area contributed by atoms with Crippen LogP contribution in [-0.4, -0.2) is 19.7 Å². The molecule has 0 fully saturated rings. The fourth-order valence-electron chi connectivity index (χ4n) is 1.28. The number of methoxy groups -OCH3 is 1. The summed E-state index contributed by atoms with van der Waals surface area (Å²) in [7, 11) is 1.56. The normalized spacial score (nSPS) is 9.73. The smallest absolute Gasteiger partial charge is 0.310 e. The summed E-state index contributed by atoms with van der Waals surface area (Å²) in [5, 5.41) is 0. The second-order valence-electron chi connectivity index (χ2n) is 3.10. The number of anilines is 1. The number of nitrogen functional groups attached to an aromatic ring is 1. The quantitative estimate of drug-likeness (QED) is 0.601. The summed E-state index contributed by atoms with van der Waals surface area (Å²) in [6.45, 7) is 2.16. The fraction of sp³-hybridized carbons (Fsp3) is 0.364. The van der Waals surface area contributed by atoms with Crippen molar-refractivity contribution in [3.05, 3.63) is 23.8 Å². The summed E-state index contributed by atoms with van der Waals surface area (Å²) in [5.41, 5.74) is 7.03. The molecule has 82 valence electrons. The lowest BCUT2D eigenvalue weighted by Crippen LogP contribution is -2.07. The van der Waals surface area contributed by atoms with Crippen LogP contribution >= 0.6 is 0 Å². The zero-order chi connectivity index (χ0) is 11.3. The summed E-state index contributed by atoms with van der Waals surface area (Å²) in [4.78, 5) is 11.2. The van der Waals surface area contributed by atoms with E-state index in [1.54, 1.807) is 32.2 Å². The predicted molar refractivity (Wildman–Crippen MR) is 57.7 cm³/mol. The molecule has 0 radical (unpaired) electrons. The average Bonchev–Trinajstić information content (AvgIpc) is 2.17. The van der Waals surface area contributed by atoms with Crippen molar-refractivity contribution in [2.45, 2.75) is 13.3 Å². The van der Waals surface area contributed by atoms with Gasteiger partial charge in [0.1, 0.15) is 5.75 Å². The van der Waals surface area contributed by atoms with Crippen molar-refractivity contribution in [1.29, 1.82) is 0 Å². The molecule has 0 aliphatic heterocycles. The van der Waals surface area contributed by atoms with E-state index in [1.807, 2.05) is 0 Å². The molecule has 0 amide bonds. The molecular weight excluding hydrogens is 194 g/mol. The van der Waals surface area contributed by atoms with Crippen LogP contribution in [-0.2, 0) is 16.0 Å². The van der Waals surface area contributed by atoms with E-state index < -0.39 is 0 Å². The van der Waals surface area contributed by atoms with E-state index in [4.69, 9.17) is 15.2 Å². The van der Waals surface area contributed by atoms with E-state index in [0.717, 1.165) is 5.56 Å². The summed E-state index contributed by atoms with van der Waals surface area (Å²) in [6.07, 6.45) is 0.217. The Labute approximate surface area is 89.0 Å². The molecular formula is C11H15NO3. The zero-order valence-electron chi connectivity index (χ0n) is 8.95. The molecule has 2 N–H and O–H groups in total. The van der Waals surface area contributed by atoms with Crippen LogP contribution in [0.1, 0.15) is 12.5 Å². The van der Waals surface area contributed by atoms with E-state index in [0.29, 0.717) is 18.0 Å². The van der Waals surface area contributed by atoms with E-state index in [-0.39, 0.29) is 12.4 Å². The Kier molecular flexibility index (Phi) is 3.97. The Bertz CT molecular complexity index is 350. The van der Waals surface area contributed by atoms with Crippen LogP contribution in [0.2, 0.25) is 0 Å². The van der Waals surface area contributed by atoms with Crippen molar-refractivity contribution in [3.63, 3.8) is 0 Å². The van der Waals surface area contributed by atoms with Gasteiger partial charge < -0.3 is 15.2 Å². The van der Waals surface area contributed by atoms with Crippen LogP contribution in [0.4, 0.5) is 5.69 Å².